The Kier molecular flexibility index (Phi) is 4.88. The molecule has 0 aromatic rings. The molecule has 2 aliphatic rings. The Balaban J connectivity index is 2.17. The maximum Gasteiger partial charge on any atom is 0.327 e. The first kappa shape index (κ1) is 16.6. The highest BCUT2D eigenvalue weighted by atomic mass is 32.2. The fourth-order valence-corrected chi connectivity index (χ4v) is 4.60. The number of carbonyl (C=O) groups excluding carboxylic acids is 1. The summed E-state index contributed by atoms with van der Waals surface area (Å²) in [4.78, 5) is 26.0. The van der Waals surface area contributed by atoms with Gasteiger partial charge in [-0.25, -0.2) is 4.79 Å². The summed E-state index contributed by atoms with van der Waals surface area (Å²) in [5.74, 6) is -0.287. The van der Waals surface area contributed by atoms with Crippen molar-refractivity contribution in [2.75, 3.05) is 12.3 Å². The fourth-order valence-electron chi connectivity index (χ4n) is 2.96. The van der Waals surface area contributed by atoms with Crippen LogP contribution in [0.3, 0.4) is 0 Å². The Morgan fingerprint density at radius 3 is 2.43 bits per heavy atom. The van der Waals surface area contributed by atoms with E-state index in [0.717, 1.165) is 12.8 Å². The number of carbonyl (C=O) groups is 2. The topological polar surface area (TPSA) is 83.6 Å². The van der Waals surface area contributed by atoms with E-state index < -0.39 is 12.0 Å². The number of hydrogen-bond acceptors (Lipinski definition) is 4. The number of nitrogens with two attached hydrogens (primary N) is 1. The van der Waals surface area contributed by atoms with Gasteiger partial charge in [0.2, 0.25) is 5.91 Å². The number of aliphatic carboxylic acids is 1. The smallest absolute Gasteiger partial charge is 0.327 e. The van der Waals surface area contributed by atoms with Crippen LogP contribution in [0, 0.1) is 17.3 Å². The molecule has 2 fully saturated rings. The van der Waals surface area contributed by atoms with Gasteiger partial charge in [-0.05, 0) is 30.6 Å². The maximum absolute atomic E-state index is 12.9. The van der Waals surface area contributed by atoms with E-state index in [9.17, 15) is 14.7 Å². The zero-order valence-electron chi connectivity index (χ0n) is 13.0. The fraction of sp³-hybridized carbons (Fsp3) is 0.867. The van der Waals surface area contributed by atoms with Crippen molar-refractivity contribution in [3.8, 4) is 0 Å². The molecule has 120 valence electrons. The summed E-state index contributed by atoms with van der Waals surface area (Å²) in [6.45, 7) is 6.51. The van der Waals surface area contributed by atoms with E-state index in [1.807, 2.05) is 0 Å². The van der Waals surface area contributed by atoms with Crippen molar-refractivity contribution in [1.82, 2.24) is 4.90 Å². The van der Waals surface area contributed by atoms with Crippen LogP contribution in [0.5, 0.6) is 0 Å². The highest BCUT2D eigenvalue weighted by molar-refractivity contribution is 8.00. The van der Waals surface area contributed by atoms with E-state index in [-0.39, 0.29) is 29.2 Å². The third-order valence-corrected chi connectivity index (χ3v) is 5.55. The Bertz CT molecular complexity index is 418. The average Bonchev–Trinajstić information content (AvgIpc) is 3.12. The van der Waals surface area contributed by atoms with Crippen LogP contribution in [-0.2, 0) is 9.59 Å². The van der Waals surface area contributed by atoms with Crippen LogP contribution in [0.4, 0.5) is 0 Å². The van der Waals surface area contributed by atoms with Crippen molar-refractivity contribution >= 4 is 23.6 Å². The second-order valence-electron chi connectivity index (χ2n) is 7.36. The second-order valence-corrected chi connectivity index (χ2v) is 8.51. The third-order valence-electron chi connectivity index (χ3n) is 4.09. The summed E-state index contributed by atoms with van der Waals surface area (Å²) >= 11 is 1.62. The van der Waals surface area contributed by atoms with Gasteiger partial charge >= 0.3 is 5.97 Å². The SMILES string of the molecule is CC(C)(C)CC(CN)C(=O)N1C(C(=O)O)CSC1C1CC1. The zero-order valence-corrected chi connectivity index (χ0v) is 13.9. The molecule has 0 radical (unpaired) electrons. The second kappa shape index (κ2) is 6.16. The first-order valence-corrected chi connectivity index (χ1v) is 8.66. The molecule has 1 saturated carbocycles. The Morgan fingerprint density at radius 1 is 1.38 bits per heavy atom. The lowest BCUT2D eigenvalue weighted by Crippen LogP contribution is -2.50. The van der Waals surface area contributed by atoms with Crippen molar-refractivity contribution in [2.24, 2.45) is 23.0 Å². The Hall–Kier alpha value is -0.750. The van der Waals surface area contributed by atoms with Crippen molar-refractivity contribution in [1.29, 1.82) is 0 Å². The number of rotatable bonds is 5. The number of thioether (sulfide) groups is 1. The summed E-state index contributed by atoms with van der Waals surface area (Å²) < 4.78 is 0. The molecule has 0 aromatic carbocycles. The van der Waals surface area contributed by atoms with E-state index in [1.54, 1.807) is 16.7 Å². The first-order valence-electron chi connectivity index (χ1n) is 7.61. The number of carboxylic acid groups (broad SMARTS) is 1. The molecular formula is C15H26N2O3S. The van der Waals surface area contributed by atoms with E-state index in [0.29, 0.717) is 18.1 Å². The molecule has 0 bridgehead atoms. The molecule has 3 atom stereocenters. The molecule has 0 spiro atoms. The van der Waals surface area contributed by atoms with Crippen LogP contribution in [0.25, 0.3) is 0 Å². The minimum Gasteiger partial charge on any atom is -0.480 e. The van der Waals surface area contributed by atoms with Crippen LogP contribution in [0.15, 0.2) is 0 Å². The van der Waals surface area contributed by atoms with Crippen LogP contribution in [0.2, 0.25) is 0 Å². The van der Waals surface area contributed by atoms with Crippen LogP contribution < -0.4 is 5.73 Å². The Morgan fingerprint density at radius 2 is 2.00 bits per heavy atom. The molecule has 1 aliphatic carbocycles. The number of nitrogens with zero attached hydrogens (tertiary/aromatic N) is 1. The van der Waals surface area contributed by atoms with Gasteiger partial charge in [0.15, 0.2) is 0 Å². The zero-order chi connectivity index (χ0) is 15.8. The quantitative estimate of drug-likeness (QED) is 0.808. The van der Waals surface area contributed by atoms with E-state index in [2.05, 4.69) is 20.8 Å². The normalized spacial score (nSPS) is 27.7. The lowest BCUT2D eigenvalue weighted by molar-refractivity contribution is -0.151. The van der Waals surface area contributed by atoms with E-state index in [1.165, 1.54) is 0 Å². The summed E-state index contributed by atoms with van der Waals surface area (Å²) in [5.41, 5.74) is 5.81. The molecule has 6 heteroatoms. The van der Waals surface area contributed by atoms with Crippen LogP contribution >= 0.6 is 11.8 Å². The van der Waals surface area contributed by atoms with Gasteiger partial charge in [-0.15, -0.1) is 11.8 Å². The molecule has 3 N–H and O–H groups in total. The van der Waals surface area contributed by atoms with Crippen LogP contribution in [-0.4, -0.2) is 45.6 Å². The number of amides is 1. The summed E-state index contributed by atoms with van der Waals surface area (Å²) in [7, 11) is 0. The van der Waals surface area contributed by atoms with Gasteiger partial charge in [-0.1, -0.05) is 20.8 Å². The van der Waals surface area contributed by atoms with E-state index >= 15 is 0 Å². The van der Waals surface area contributed by atoms with Gasteiger partial charge < -0.3 is 15.7 Å². The first-order chi connectivity index (χ1) is 9.74. The van der Waals surface area contributed by atoms with Crippen molar-refractivity contribution in [3.63, 3.8) is 0 Å². The molecule has 1 amide bonds. The van der Waals surface area contributed by atoms with Gasteiger partial charge in [-0.3, -0.25) is 4.79 Å². The number of carboxylic acids is 1. The summed E-state index contributed by atoms with van der Waals surface area (Å²) in [6.07, 6.45) is 2.88. The molecule has 5 nitrogen and oxygen atoms in total. The highest BCUT2D eigenvalue weighted by Crippen LogP contribution is 2.46. The van der Waals surface area contributed by atoms with Gasteiger partial charge in [0, 0.05) is 12.3 Å². The maximum atomic E-state index is 12.9. The third kappa shape index (κ3) is 3.92. The predicted molar refractivity (Wildman–Crippen MR) is 83.9 cm³/mol. The summed E-state index contributed by atoms with van der Waals surface area (Å²) in [6, 6.07) is -0.692. The largest absolute Gasteiger partial charge is 0.480 e. The molecule has 0 aromatic heterocycles. The standard InChI is InChI=1S/C15H26N2O3S/c1-15(2,3)6-10(7-16)12(18)17-11(14(19)20)8-21-13(17)9-4-5-9/h9-11,13H,4-8,16H2,1-3H3,(H,19,20). The molecule has 1 aliphatic heterocycles. The molecule has 2 rings (SSSR count). The van der Waals surface area contributed by atoms with Gasteiger partial charge in [0.05, 0.1) is 11.3 Å². The minimum atomic E-state index is -0.898. The van der Waals surface area contributed by atoms with Gasteiger partial charge in [-0.2, -0.15) is 0 Å². The Labute approximate surface area is 130 Å². The minimum absolute atomic E-state index is 0.000359. The predicted octanol–water partition coefficient (Wildman–Crippen LogP) is 1.76. The van der Waals surface area contributed by atoms with Gasteiger partial charge in [0.25, 0.3) is 0 Å². The molecule has 3 unspecified atom stereocenters. The lowest BCUT2D eigenvalue weighted by Gasteiger charge is -2.33. The molecular weight excluding hydrogens is 288 g/mol. The monoisotopic (exact) mass is 314 g/mol. The molecule has 1 heterocycles. The van der Waals surface area contributed by atoms with Gasteiger partial charge in [0.1, 0.15) is 6.04 Å². The molecule has 21 heavy (non-hydrogen) atoms. The lowest BCUT2D eigenvalue weighted by atomic mass is 9.84. The molecule has 1 saturated heterocycles. The van der Waals surface area contributed by atoms with E-state index in [4.69, 9.17) is 5.73 Å². The highest BCUT2D eigenvalue weighted by Gasteiger charge is 2.49. The van der Waals surface area contributed by atoms with Crippen molar-refractivity contribution < 1.29 is 14.7 Å². The van der Waals surface area contributed by atoms with Crippen molar-refractivity contribution in [3.05, 3.63) is 0 Å². The average molecular weight is 314 g/mol. The number of hydrogen-bond donors (Lipinski definition) is 2. The van der Waals surface area contributed by atoms with Crippen molar-refractivity contribution in [2.45, 2.75) is 51.4 Å². The summed E-state index contributed by atoms with van der Waals surface area (Å²) in [5, 5.41) is 9.44. The van der Waals surface area contributed by atoms with Crippen LogP contribution in [0.1, 0.15) is 40.0 Å².